The Labute approximate surface area is 110 Å². The number of ether oxygens (including phenoxy) is 1. The van der Waals surface area contributed by atoms with Crippen molar-refractivity contribution in [3.8, 4) is 0 Å². The highest BCUT2D eigenvalue weighted by atomic mass is 35.5. The molecular weight excluding hydrogens is 259 g/mol. The quantitative estimate of drug-likeness (QED) is 0.920. The molecule has 1 aliphatic heterocycles. The summed E-state index contributed by atoms with van der Waals surface area (Å²) in [6.45, 7) is 2.10. The SMILES string of the molecule is CC1OCCC1(Cc1cccc(Cl)c1F)C(=O)O. The van der Waals surface area contributed by atoms with Gasteiger partial charge in [0.25, 0.3) is 0 Å². The topological polar surface area (TPSA) is 46.5 Å². The standard InChI is InChI=1S/C13H14ClFO3/c1-8-13(12(16)17,5-6-18-8)7-9-3-2-4-10(14)11(9)15/h2-4,8H,5-7H2,1H3,(H,16,17). The van der Waals surface area contributed by atoms with E-state index >= 15 is 0 Å². The minimum Gasteiger partial charge on any atom is -0.481 e. The summed E-state index contributed by atoms with van der Waals surface area (Å²) in [6.07, 6.45) is 0.0408. The van der Waals surface area contributed by atoms with Crippen LogP contribution in [-0.2, 0) is 16.0 Å². The molecule has 0 amide bonds. The third-order valence-corrected chi connectivity index (χ3v) is 3.95. The van der Waals surface area contributed by atoms with E-state index in [1.54, 1.807) is 19.1 Å². The summed E-state index contributed by atoms with van der Waals surface area (Å²) in [7, 11) is 0. The molecule has 0 aliphatic carbocycles. The van der Waals surface area contributed by atoms with Crippen LogP contribution in [0.2, 0.25) is 5.02 Å². The fourth-order valence-corrected chi connectivity index (χ4v) is 2.59. The van der Waals surface area contributed by atoms with E-state index in [1.165, 1.54) is 6.07 Å². The van der Waals surface area contributed by atoms with Gasteiger partial charge in [-0.2, -0.15) is 0 Å². The summed E-state index contributed by atoms with van der Waals surface area (Å²) in [6, 6.07) is 4.64. The van der Waals surface area contributed by atoms with Gasteiger partial charge in [0.05, 0.1) is 16.5 Å². The summed E-state index contributed by atoms with van der Waals surface area (Å²) < 4.78 is 19.2. The van der Waals surface area contributed by atoms with Crippen LogP contribution in [0.15, 0.2) is 18.2 Å². The minimum atomic E-state index is -1.06. The van der Waals surface area contributed by atoms with Gasteiger partial charge in [0.1, 0.15) is 5.82 Å². The summed E-state index contributed by atoms with van der Waals surface area (Å²) >= 11 is 5.71. The van der Waals surface area contributed by atoms with Gasteiger partial charge in [0.2, 0.25) is 0 Å². The van der Waals surface area contributed by atoms with Crippen molar-refractivity contribution in [3.05, 3.63) is 34.6 Å². The molecule has 1 aromatic carbocycles. The van der Waals surface area contributed by atoms with Crippen LogP contribution >= 0.6 is 11.6 Å². The van der Waals surface area contributed by atoms with Gasteiger partial charge in [0.15, 0.2) is 0 Å². The fourth-order valence-electron chi connectivity index (χ4n) is 2.39. The fraction of sp³-hybridized carbons (Fsp3) is 0.462. The van der Waals surface area contributed by atoms with Gasteiger partial charge < -0.3 is 9.84 Å². The van der Waals surface area contributed by atoms with Crippen molar-refractivity contribution >= 4 is 17.6 Å². The second kappa shape index (κ2) is 4.86. The zero-order chi connectivity index (χ0) is 13.3. The normalized spacial score (nSPS) is 27.4. The molecule has 2 unspecified atom stereocenters. The molecular formula is C13H14ClFO3. The lowest BCUT2D eigenvalue weighted by atomic mass is 9.76. The van der Waals surface area contributed by atoms with Gasteiger partial charge >= 0.3 is 5.97 Å². The van der Waals surface area contributed by atoms with Crippen LogP contribution in [0.5, 0.6) is 0 Å². The van der Waals surface area contributed by atoms with Crippen molar-refractivity contribution in [3.63, 3.8) is 0 Å². The van der Waals surface area contributed by atoms with E-state index in [1.807, 2.05) is 0 Å². The first-order valence-electron chi connectivity index (χ1n) is 5.75. The third-order valence-electron chi connectivity index (χ3n) is 3.66. The molecule has 0 radical (unpaired) electrons. The Hall–Kier alpha value is -1.13. The molecule has 1 heterocycles. The Bertz CT molecular complexity index is 477. The maximum Gasteiger partial charge on any atom is 0.312 e. The Balaban J connectivity index is 2.36. The Kier molecular flexibility index (Phi) is 3.59. The van der Waals surface area contributed by atoms with Crippen LogP contribution in [0, 0.1) is 11.2 Å². The van der Waals surface area contributed by atoms with Crippen molar-refractivity contribution in [1.29, 1.82) is 0 Å². The van der Waals surface area contributed by atoms with Crippen LogP contribution in [-0.4, -0.2) is 23.8 Å². The first kappa shape index (κ1) is 13.3. The number of aliphatic carboxylic acids is 1. The molecule has 0 spiro atoms. The summed E-state index contributed by atoms with van der Waals surface area (Å²) in [5.74, 6) is -1.49. The molecule has 0 saturated carbocycles. The van der Waals surface area contributed by atoms with Crippen molar-refractivity contribution in [2.45, 2.75) is 25.9 Å². The number of carboxylic acid groups (broad SMARTS) is 1. The van der Waals surface area contributed by atoms with Gasteiger partial charge in [-0.3, -0.25) is 4.79 Å². The highest BCUT2D eigenvalue weighted by molar-refractivity contribution is 6.30. The molecule has 1 fully saturated rings. The first-order chi connectivity index (χ1) is 8.47. The number of benzene rings is 1. The lowest BCUT2D eigenvalue weighted by Crippen LogP contribution is -2.39. The highest BCUT2D eigenvalue weighted by Gasteiger charge is 2.48. The number of halogens is 2. The summed E-state index contributed by atoms with van der Waals surface area (Å²) in [5.41, 5.74) is -0.742. The lowest BCUT2D eigenvalue weighted by molar-refractivity contribution is -0.151. The molecule has 0 aromatic heterocycles. The monoisotopic (exact) mass is 272 g/mol. The maximum atomic E-state index is 13.8. The number of hydrogen-bond donors (Lipinski definition) is 1. The van der Waals surface area contributed by atoms with Gasteiger partial charge in [-0.15, -0.1) is 0 Å². The number of carbonyl (C=O) groups is 1. The highest BCUT2D eigenvalue weighted by Crippen LogP contribution is 2.39. The first-order valence-corrected chi connectivity index (χ1v) is 6.13. The molecule has 18 heavy (non-hydrogen) atoms. The second-order valence-corrected chi connectivity index (χ2v) is 5.02. The van der Waals surface area contributed by atoms with E-state index in [2.05, 4.69) is 0 Å². The molecule has 3 nitrogen and oxygen atoms in total. The molecule has 2 rings (SSSR count). The number of carboxylic acids is 1. The zero-order valence-electron chi connectivity index (χ0n) is 9.95. The molecule has 1 aromatic rings. The van der Waals surface area contributed by atoms with Crippen LogP contribution in [0.3, 0.4) is 0 Å². The lowest BCUT2D eigenvalue weighted by Gasteiger charge is -2.27. The average Bonchev–Trinajstić information content (AvgIpc) is 2.68. The number of rotatable bonds is 3. The zero-order valence-corrected chi connectivity index (χ0v) is 10.7. The summed E-state index contributed by atoms with van der Waals surface area (Å²) in [4.78, 5) is 11.5. The molecule has 2 atom stereocenters. The van der Waals surface area contributed by atoms with E-state index in [9.17, 15) is 14.3 Å². The molecule has 5 heteroatoms. The van der Waals surface area contributed by atoms with Crippen molar-refractivity contribution in [1.82, 2.24) is 0 Å². The van der Waals surface area contributed by atoms with Crippen molar-refractivity contribution in [2.24, 2.45) is 5.41 Å². The molecule has 1 N–H and O–H groups in total. The Morgan fingerprint density at radius 2 is 2.39 bits per heavy atom. The van der Waals surface area contributed by atoms with Crippen molar-refractivity contribution < 1.29 is 19.0 Å². The third kappa shape index (κ3) is 2.10. The van der Waals surface area contributed by atoms with Gasteiger partial charge in [-0.1, -0.05) is 23.7 Å². The van der Waals surface area contributed by atoms with Crippen LogP contribution in [0.4, 0.5) is 4.39 Å². The minimum absolute atomic E-state index is 0.0135. The predicted molar refractivity (Wildman–Crippen MR) is 65.2 cm³/mol. The molecule has 1 saturated heterocycles. The largest absolute Gasteiger partial charge is 0.481 e. The molecule has 0 bridgehead atoms. The predicted octanol–water partition coefficient (Wildman–Crippen LogP) is 2.90. The summed E-state index contributed by atoms with van der Waals surface area (Å²) in [5, 5.41) is 9.43. The van der Waals surface area contributed by atoms with Crippen LogP contribution in [0.1, 0.15) is 18.9 Å². The van der Waals surface area contributed by atoms with Crippen molar-refractivity contribution in [2.75, 3.05) is 6.61 Å². The molecule has 98 valence electrons. The van der Waals surface area contributed by atoms with Gasteiger partial charge in [-0.05, 0) is 31.4 Å². The molecule has 1 aliphatic rings. The van der Waals surface area contributed by atoms with E-state index in [4.69, 9.17) is 16.3 Å². The van der Waals surface area contributed by atoms with Crippen LogP contribution in [0.25, 0.3) is 0 Å². The number of hydrogen-bond acceptors (Lipinski definition) is 2. The second-order valence-electron chi connectivity index (χ2n) is 4.61. The Morgan fingerprint density at radius 3 is 2.94 bits per heavy atom. The average molecular weight is 273 g/mol. The smallest absolute Gasteiger partial charge is 0.312 e. The Morgan fingerprint density at radius 1 is 1.67 bits per heavy atom. The van der Waals surface area contributed by atoms with E-state index in [-0.39, 0.29) is 11.4 Å². The van der Waals surface area contributed by atoms with Crippen LogP contribution < -0.4 is 0 Å². The van der Waals surface area contributed by atoms with E-state index in [0.29, 0.717) is 18.6 Å². The maximum absolute atomic E-state index is 13.8. The van der Waals surface area contributed by atoms with Gasteiger partial charge in [-0.25, -0.2) is 4.39 Å². The van der Waals surface area contributed by atoms with Gasteiger partial charge in [0, 0.05) is 6.61 Å². The van der Waals surface area contributed by atoms with E-state index in [0.717, 1.165) is 0 Å². The van der Waals surface area contributed by atoms with E-state index < -0.39 is 23.3 Å².